The first-order valence-corrected chi connectivity index (χ1v) is 7.46. The molecule has 5 heteroatoms. The fourth-order valence-corrected chi connectivity index (χ4v) is 2.84. The van der Waals surface area contributed by atoms with E-state index in [1.165, 1.54) is 25.7 Å². The molecule has 0 bridgehead atoms. The van der Waals surface area contributed by atoms with Gasteiger partial charge in [-0.3, -0.25) is 0 Å². The SMILES string of the molecule is CC1CCCC(CNc2ccc(OCC(F)(F)F)cc2)C1. The highest BCUT2D eigenvalue weighted by Gasteiger charge is 2.28. The Hall–Kier alpha value is -1.39. The fourth-order valence-electron chi connectivity index (χ4n) is 2.84. The average molecular weight is 301 g/mol. The smallest absolute Gasteiger partial charge is 0.422 e. The van der Waals surface area contributed by atoms with Gasteiger partial charge >= 0.3 is 6.18 Å². The summed E-state index contributed by atoms with van der Waals surface area (Å²) in [6, 6.07) is 6.66. The number of hydrogen-bond acceptors (Lipinski definition) is 2. The molecule has 1 fully saturated rings. The van der Waals surface area contributed by atoms with Crippen molar-refractivity contribution in [2.75, 3.05) is 18.5 Å². The second-order valence-electron chi connectivity index (χ2n) is 5.95. The summed E-state index contributed by atoms with van der Waals surface area (Å²) in [5.74, 6) is 1.72. The molecule has 0 aromatic heterocycles. The van der Waals surface area contributed by atoms with Crippen LogP contribution in [0.3, 0.4) is 0 Å². The lowest BCUT2D eigenvalue weighted by Crippen LogP contribution is -2.21. The van der Waals surface area contributed by atoms with Gasteiger partial charge in [0.05, 0.1) is 0 Å². The molecule has 2 atom stereocenters. The van der Waals surface area contributed by atoms with Crippen LogP contribution in [-0.4, -0.2) is 19.3 Å². The average Bonchev–Trinajstić information content (AvgIpc) is 2.43. The van der Waals surface area contributed by atoms with E-state index < -0.39 is 12.8 Å². The van der Waals surface area contributed by atoms with Crippen LogP contribution in [-0.2, 0) is 0 Å². The Labute approximate surface area is 123 Å². The summed E-state index contributed by atoms with van der Waals surface area (Å²) < 4.78 is 40.8. The highest BCUT2D eigenvalue weighted by Crippen LogP contribution is 2.29. The molecule has 21 heavy (non-hydrogen) atoms. The number of alkyl halides is 3. The minimum atomic E-state index is -4.30. The first-order chi connectivity index (χ1) is 9.92. The van der Waals surface area contributed by atoms with Crippen LogP contribution in [0.15, 0.2) is 24.3 Å². The van der Waals surface area contributed by atoms with E-state index in [0.29, 0.717) is 5.92 Å². The molecule has 0 spiro atoms. The first kappa shape index (κ1) is 16.0. The topological polar surface area (TPSA) is 21.3 Å². The number of benzene rings is 1. The monoisotopic (exact) mass is 301 g/mol. The zero-order valence-electron chi connectivity index (χ0n) is 12.2. The van der Waals surface area contributed by atoms with E-state index in [-0.39, 0.29) is 5.75 Å². The minimum absolute atomic E-state index is 0.240. The summed E-state index contributed by atoms with van der Waals surface area (Å²) in [5, 5.41) is 3.36. The van der Waals surface area contributed by atoms with Crippen LogP contribution in [0.5, 0.6) is 5.75 Å². The third kappa shape index (κ3) is 5.86. The molecule has 1 N–H and O–H groups in total. The molecule has 1 aromatic carbocycles. The molecule has 1 aromatic rings. The van der Waals surface area contributed by atoms with Gasteiger partial charge in [0.2, 0.25) is 0 Å². The quantitative estimate of drug-likeness (QED) is 0.838. The zero-order chi connectivity index (χ0) is 15.3. The van der Waals surface area contributed by atoms with Crippen molar-refractivity contribution in [3.05, 3.63) is 24.3 Å². The normalized spacial score (nSPS) is 22.9. The van der Waals surface area contributed by atoms with Crippen LogP contribution in [0.25, 0.3) is 0 Å². The van der Waals surface area contributed by atoms with E-state index in [0.717, 1.165) is 18.2 Å². The Morgan fingerprint density at radius 1 is 1.19 bits per heavy atom. The Bertz CT molecular complexity index is 430. The van der Waals surface area contributed by atoms with Crippen LogP contribution < -0.4 is 10.1 Å². The van der Waals surface area contributed by atoms with E-state index in [2.05, 4.69) is 17.0 Å². The molecule has 1 aliphatic rings. The molecule has 118 valence electrons. The highest BCUT2D eigenvalue weighted by molar-refractivity contribution is 5.46. The second kappa shape index (κ2) is 7.05. The molecule has 1 saturated carbocycles. The van der Waals surface area contributed by atoms with Gasteiger partial charge in [0.15, 0.2) is 6.61 Å². The van der Waals surface area contributed by atoms with Crippen molar-refractivity contribution in [2.24, 2.45) is 11.8 Å². The molecular formula is C16H22F3NO. The van der Waals surface area contributed by atoms with Gasteiger partial charge in [-0.15, -0.1) is 0 Å². The van der Waals surface area contributed by atoms with Gasteiger partial charge in [-0.25, -0.2) is 0 Å². The summed E-state index contributed by atoms with van der Waals surface area (Å²) in [7, 11) is 0. The van der Waals surface area contributed by atoms with Gasteiger partial charge in [-0.2, -0.15) is 13.2 Å². The van der Waals surface area contributed by atoms with Crippen molar-refractivity contribution in [3.8, 4) is 5.75 Å². The maximum Gasteiger partial charge on any atom is 0.422 e. The van der Waals surface area contributed by atoms with Gasteiger partial charge in [0, 0.05) is 12.2 Å². The summed E-state index contributed by atoms with van der Waals surface area (Å²) in [4.78, 5) is 0. The van der Waals surface area contributed by atoms with E-state index in [4.69, 9.17) is 0 Å². The van der Waals surface area contributed by atoms with Crippen molar-refractivity contribution >= 4 is 5.69 Å². The van der Waals surface area contributed by atoms with E-state index >= 15 is 0 Å². The second-order valence-corrected chi connectivity index (χ2v) is 5.95. The number of hydrogen-bond donors (Lipinski definition) is 1. The van der Waals surface area contributed by atoms with Gasteiger partial charge in [0.25, 0.3) is 0 Å². The minimum Gasteiger partial charge on any atom is -0.484 e. The van der Waals surface area contributed by atoms with Crippen LogP contribution in [0.2, 0.25) is 0 Å². The molecule has 0 heterocycles. The largest absolute Gasteiger partial charge is 0.484 e. The molecule has 0 saturated heterocycles. The molecule has 0 amide bonds. The summed E-state index contributed by atoms with van der Waals surface area (Å²) >= 11 is 0. The predicted octanol–water partition coefficient (Wildman–Crippen LogP) is 4.87. The van der Waals surface area contributed by atoms with Gasteiger partial charge in [-0.1, -0.05) is 19.8 Å². The summed E-state index contributed by atoms with van der Waals surface area (Å²) in [6.45, 7) is 1.96. The Morgan fingerprint density at radius 2 is 1.90 bits per heavy atom. The lowest BCUT2D eigenvalue weighted by Gasteiger charge is -2.27. The van der Waals surface area contributed by atoms with Crippen molar-refractivity contribution in [3.63, 3.8) is 0 Å². The van der Waals surface area contributed by atoms with E-state index in [1.54, 1.807) is 24.3 Å². The summed E-state index contributed by atoms with van der Waals surface area (Å²) in [6.07, 6.45) is 0.817. The zero-order valence-corrected chi connectivity index (χ0v) is 12.2. The Kier molecular flexibility index (Phi) is 5.37. The van der Waals surface area contributed by atoms with E-state index in [9.17, 15) is 13.2 Å². The van der Waals surface area contributed by atoms with E-state index in [1.807, 2.05) is 0 Å². The number of halogens is 3. The van der Waals surface area contributed by atoms with Crippen LogP contribution >= 0.6 is 0 Å². The van der Waals surface area contributed by atoms with Gasteiger partial charge in [-0.05, 0) is 48.9 Å². The lowest BCUT2D eigenvalue weighted by molar-refractivity contribution is -0.153. The maximum absolute atomic E-state index is 12.0. The molecule has 2 nitrogen and oxygen atoms in total. The number of nitrogens with one attached hydrogen (secondary N) is 1. The molecular weight excluding hydrogens is 279 g/mol. The third-order valence-corrected chi connectivity index (χ3v) is 3.90. The van der Waals surface area contributed by atoms with Crippen molar-refractivity contribution < 1.29 is 17.9 Å². The molecule has 1 aliphatic carbocycles. The molecule has 0 aliphatic heterocycles. The highest BCUT2D eigenvalue weighted by atomic mass is 19.4. The van der Waals surface area contributed by atoms with Crippen LogP contribution in [0.4, 0.5) is 18.9 Å². The number of rotatable bonds is 5. The van der Waals surface area contributed by atoms with Crippen molar-refractivity contribution in [1.29, 1.82) is 0 Å². The molecule has 0 radical (unpaired) electrons. The fraction of sp³-hybridized carbons (Fsp3) is 0.625. The van der Waals surface area contributed by atoms with Gasteiger partial charge < -0.3 is 10.1 Å². The third-order valence-electron chi connectivity index (χ3n) is 3.90. The Morgan fingerprint density at radius 3 is 2.52 bits per heavy atom. The predicted molar refractivity (Wildman–Crippen MR) is 77.6 cm³/mol. The lowest BCUT2D eigenvalue weighted by atomic mass is 9.82. The first-order valence-electron chi connectivity index (χ1n) is 7.46. The summed E-state index contributed by atoms with van der Waals surface area (Å²) in [5.41, 5.74) is 0.924. The molecule has 2 unspecified atom stereocenters. The van der Waals surface area contributed by atoms with Crippen LogP contribution in [0.1, 0.15) is 32.6 Å². The number of ether oxygens (including phenoxy) is 1. The standard InChI is InChI=1S/C16H22F3NO/c1-12-3-2-4-13(9-12)10-20-14-5-7-15(8-6-14)21-11-16(17,18)19/h5-8,12-13,20H,2-4,9-11H2,1H3. The van der Waals surface area contributed by atoms with Crippen LogP contribution in [0, 0.1) is 11.8 Å². The van der Waals surface area contributed by atoms with Crippen molar-refractivity contribution in [2.45, 2.75) is 38.8 Å². The van der Waals surface area contributed by atoms with Crippen molar-refractivity contribution in [1.82, 2.24) is 0 Å². The number of anilines is 1. The maximum atomic E-state index is 12.0. The molecule has 2 rings (SSSR count). The Balaban J connectivity index is 1.77. The van der Waals surface area contributed by atoms with Gasteiger partial charge in [0.1, 0.15) is 5.75 Å².